The van der Waals surface area contributed by atoms with Gasteiger partial charge in [0.1, 0.15) is 10.6 Å². The summed E-state index contributed by atoms with van der Waals surface area (Å²) in [7, 11) is -1.15. The van der Waals surface area contributed by atoms with E-state index in [0.717, 1.165) is 17.7 Å². The van der Waals surface area contributed by atoms with Crippen LogP contribution in [0.5, 0.6) is 0 Å². The molecule has 0 bridgehead atoms. The van der Waals surface area contributed by atoms with Crippen molar-refractivity contribution in [1.29, 1.82) is 0 Å². The first-order chi connectivity index (χ1) is 17.6. The lowest BCUT2D eigenvalue weighted by molar-refractivity contribution is -0.0917. The molecular weight excluding hydrogens is 488 g/mol. The first-order valence-corrected chi connectivity index (χ1v) is 13.9. The zero-order valence-corrected chi connectivity index (χ0v) is 22.6. The molecule has 0 saturated carbocycles. The van der Waals surface area contributed by atoms with Crippen LogP contribution in [0.25, 0.3) is 5.65 Å². The standard InChI is InChI=1S/C26H32N8O2S/c1-6-18-13-29-24(30-14-18)33-11-9-26(35,25(3,4)16-33)20-15-28-23-22(27-10-12-34(20)23)32-19-7-8-21(37(5)36)31-17(19)2/h7-8,10,12-15,35H,6,9,11,16H2,1-5H3,(H,27,32). The molecule has 0 amide bonds. The Labute approximate surface area is 218 Å². The average Bonchev–Trinajstić information content (AvgIpc) is 3.32. The molecular formula is C26H32N8O2S. The zero-order chi connectivity index (χ0) is 26.4. The Morgan fingerprint density at radius 2 is 1.89 bits per heavy atom. The third-order valence-electron chi connectivity index (χ3n) is 7.29. The molecule has 5 rings (SSSR count). The minimum Gasteiger partial charge on any atom is -0.383 e. The van der Waals surface area contributed by atoms with Crippen LogP contribution in [0, 0.1) is 12.3 Å². The van der Waals surface area contributed by atoms with Gasteiger partial charge in [0, 0.05) is 56.0 Å². The van der Waals surface area contributed by atoms with Crippen molar-refractivity contribution < 1.29 is 9.32 Å². The van der Waals surface area contributed by atoms with Crippen LogP contribution in [0.1, 0.15) is 44.1 Å². The first-order valence-electron chi connectivity index (χ1n) is 12.3. The Hall–Kier alpha value is -3.44. The van der Waals surface area contributed by atoms with Gasteiger partial charge >= 0.3 is 0 Å². The normalized spacial score (nSPS) is 20.2. The lowest BCUT2D eigenvalue weighted by Crippen LogP contribution is -2.56. The number of hydrogen-bond donors (Lipinski definition) is 2. The molecule has 5 heterocycles. The van der Waals surface area contributed by atoms with Gasteiger partial charge in [-0.3, -0.25) is 8.61 Å². The number of aryl methyl sites for hydroxylation is 2. The molecule has 0 aliphatic carbocycles. The maximum Gasteiger partial charge on any atom is 0.225 e. The quantitative estimate of drug-likeness (QED) is 0.394. The van der Waals surface area contributed by atoms with Crippen molar-refractivity contribution in [3.05, 3.63) is 60.1 Å². The van der Waals surface area contributed by atoms with Gasteiger partial charge in [-0.05, 0) is 31.0 Å². The predicted molar refractivity (Wildman–Crippen MR) is 143 cm³/mol. The molecule has 2 atom stereocenters. The fraction of sp³-hybridized carbons (Fsp3) is 0.423. The van der Waals surface area contributed by atoms with Gasteiger partial charge in [-0.2, -0.15) is 0 Å². The maximum absolute atomic E-state index is 12.1. The maximum atomic E-state index is 12.1. The molecule has 2 N–H and O–H groups in total. The number of anilines is 3. The van der Waals surface area contributed by atoms with Gasteiger partial charge in [-0.25, -0.2) is 24.9 Å². The first kappa shape index (κ1) is 25.2. The van der Waals surface area contributed by atoms with Crippen molar-refractivity contribution >= 4 is 33.9 Å². The molecule has 1 fully saturated rings. The number of imidazole rings is 1. The molecule has 1 saturated heterocycles. The third kappa shape index (κ3) is 4.46. The topological polar surface area (TPSA) is 121 Å². The SMILES string of the molecule is CCc1cnc(N2CCC(O)(c3cnc4c(Nc5ccc(S(C)=O)nc5C)nccn34)C(C)(C)C2)nc1. The summed E-state index contributed by atoms with van der Waals surface area (Å²) < 4.78 is 13.7. The number of fused-ring (bicyclic) bond motifs is 1. The molecule has 1 aliphatic heterocycles. The van der Waals surface area contributed by atoms with Crippen LogP contribution in [0.3, 0.4) is 0 Å². The Balaban J connectivity index is 1.45. The minimum atomic E-state index is -1.15. The van der Waals surface area contributed by atoms with Crippen molar-refractivity contribution in [1.82, 2.24) is 29.3 Å². The van der Waals surface area contributed by atoms with Crippen LogP contribution in [0.4, 0.5) is 17.5 Å². The number of piperidine rings is 1. The molecule has 2 unspecified atom stereocenters. The summed E-state index contributed by atoms with van der Waals surface area (Å²) in [5.74, 6) is 1.23. The van der Waals surface area contributed by atoms with E-state index in [1.807, 2.05) is 36.0 Å². The minimum absolute atomic E-state index is 0.496. The van der Waals surface area contributed by atoms with Crippen molar-refractivity contribution in [3.8, 4) is 0 Å². The third-order valence-corrected chi connectivity index (χ3v) is 8.11. The molecule has 4 aromatic heterocycles. The predicted octanol–water partition coefficient (Wildman–Crippen LogP) is 3.39. The van der Waals surface area contributed by atoms with Crippen LogP contribution >= 0.6 is 0 Å². The molecule has 37 heavy (non-hydrogen) atoms. The fourth-order valence-electron chi connectivity index (χ4n) is 4.93. The molecule has 0 aromatic carbocycles. The van der Waals surface area contributed by atoms with Gasteiger partial charge in [0.2, 0.25) is 5.95 Å². The van der Waals surface area contributed by atoms with Gasteiger partial charge < -0.3 is 15.3 Å². The molecule has 0 spiro atoms. The second-order valence-electron chi connectivity index (χ2n) is 10.1. The van der Waals surface area contributed by atoms with Gasteiger partial charge in [0.15, 0.2) is 11.5 Å². The number of nitrogens with zero attached hydrogens (tertiary/aromatic N) is 7. The highest BCUT2D eigenvalue weighted by Crippen LogP contribution is 2.46. The largest absolute Gasteiger partial charge is 0.383 e. The summed E-state index contributed by atoms with van der Waals surface area (Å²) in [5, 5.41) is 15.9. The average molecular weight is 521 g/mol. The van der Waals surface area contributed by atoms with Crippen LogP contribution < -0.4 is 10.2 Å². The van der Waals surface area contributed by atoms with Crippen LogP contribution in [-0.2, 0) is 22.8 Å². The number of aliphatic hydroxyl groups is 1. The van der Waals surface area contributed by atoms with E-state index in [-0.39, 0.29) is 0 Å². The highest BCUT2D eigenvalue weighted by atomic mass is 32.2. The lowest BCUT2D eigenvalue weighted by Gasteiger charge is -2.50. The van der Waals surface area contributed by atoms with Gasteiger partial charge in [-0.1, -0.05) is 20.8 Å². The van der Waals surface area contributed by atoms with Gasteiger partial charge in [-0.15, -0.1) is 0 Å². The van der Waals surface area contributed by atoms with Crippen molar-refractivity contribution in [2.75, 3.05) is 29.6 Å². The van der Waals surface area contributed by atoms with E-state index in [4.69, 9.17) is 0 Å². The Morgan fingerprint density at radius 3 is 2.54 bits per heavy atom. The highest BCUT2D eigenvalue weighted by Gasteiger charge is 2.51. The monoisotopic (exact) mass is 520 g/mol. The Kier molecular flexibility index (Phi) is 6.45. The summed E-state index contributed by atoms with van der Waals surface area (Å²) in [6, 6.07) is 3.58. The fourth-order valence-corrected chi connectivity index (χ4v) is 5.46. The van der Waals surface area contributed by atoms with E-state index in [0.29, 0.717) is 53.3 Å². The number of aromatic nitrogens is 6. The molecule has 4 aromatic rings. The van der Waals surface area contributed by atoms with Crippen molar-refractivity contribution in [2.24, 2.45) is 5.41 Å². The van der Waals surface area contributed by atoms with Crippen LogP contribution in [0.2, 0.25) is 0 Å². The summed E-state index contributed by atoms with van der Waals surface area (Å²) in [5.41, 5.74) is 2.23. The van der Waals surface area contributed by atoms with Crippen LogP contribution in [-0.4, -0.2) is 58.0 Å². The molecule has 0 radical (unpaired) electrons. The second kappa shape index (κ2) is 9.46. The Bertz CT molecular complexity index is 1470. The summed E-state index contributed by atoms with van der Waals surface area (Å²) in [4.78, 5) is 24.8. The van der Waals surface area contributed by atoms with E-state index < -0.39 is 21.8 Å². The number of pyridine rings is 1. The lowest BCUT2D eigenvalue weighted by atomic mass is 9.68. The molecule has 194 valence electrons. The number of nitrogens with one attached hydrogen (secondary N) is 1. The van der Waals surface area contributed by atoms with Gasteiger partial charge in [0.25, 0.3) is 0 Å². The van der Waals surface area contributed by atoms with Crippen molar-refractivity contribution in [2.45, 2.75) is 51.2 Å². The molecule has 11 heteroatoms. The Morgan fingerprint density at radius 1 is 1.14 bits per heavy atom. The number of hydrogen-bond acceptors (Lipinski definition) is 9. The second-order valence-corrected chi connectivity index (χ2v) is 11.5. The van der Waals surface area contributed by atoms with Gasteiger partial charge in [0.05, 0.1) is 34.1 Å². The summed E-state index contributed by atoms with van der Waals surface area (Å²) in [6.07, 6.45) is 12.0. The zero-order valence-electron chi connectivity index (χ0n) is 21.8. The molecule has 1 aliphatic rings. The van der Waals surface area contributed by atoms with E-state index in [1.165, 1.54) is 0 Å². The number of rotatable bonds is 6. The van der Waals surface area contributed by atoms with E-state index in [9.17, 15) is 9.32 Å². The van der Waals surface area contributed by atoms with E-state index in [1.54, 1.807) is 24.7 Å². The summed E-state index contributed by atoms with van der Waals surface area (Å²) in [6.45, 7) is 9.27. The van der Waals surface area contributed by atoms with E-state index in [2.05, 4.69) is 55.9 Å². The highest BCUT2D eigenvalue weighted by molar-refractivity contribution is 7.84. The van der Waals surface area contributed by atoms with E-state index >= 15 is 0 Å². The van der Waals surface area contributed by atoms with Crippen LogP contribution in [0.15, 0.2) is 48.1 Å². The van der Waals surface area contributed by atoms with Crippen molar-refractivity contribution in [3.63, 3.8) is 0 Å². The smallest absolute Gasteiger partial charge is 0.225 e. The summed E-state index contributed by atoms with van der Waals surface area (Å²) >= 11 is 0. The molecule has 10 nitrogen and oxygen atoms in total.